The number of carbonyl (C=O) groups is 4. The maximum atomic E-state index is 12.5. The normalized spacial score (nSPS) is 36.9. The van der Waals surface area contributed by atoms with Crippen LogP contribution in [0.1, 0.15) is 74.7 Å². The van der Waals surface area contributed by atoms with Crippen LogP contribution in [0.3, 0.4) is 0 Å². The largest absolute Gasteiger partial charge is 0.462 e. The first-order valence-electron chi connectivity index (χ1n) is 12.8. The second-order valence-corrected chi connectivity index (χ2v) is 11.5. The van der Waals surface area contributed by atoms with Crippen LogP contribution in [0.4, 0.5) is 0 Å². The van der Waals surface area contributed by atoms with Gasteiger partial charge in [0.25, 0.3) is 0 Å². The summed E-state index contributed by atoms with van der Waals surface area (Å²) in [6.45, 7) is 17.2. The van der Waals surface area contributed by atoms with Gasteiger partial charge in [-0.05, 0) is 53.7 Å². The Morgan fingerprint density at radius 3 is 1.89 bits per heavy atom. The number of esters is 4. The van der Waals surface area contributed by atoms with E-state index in [1.807, 2.05) is 27.7 Å². The highest BCUT2D eigenvalue weighted by molar-refractivity contribution is 5.69. The first kappa shape index (κ1) is 28.9. The molecule has 206 valence electrons. The summed E-state index contributed by atoms with van der Waals surface area (Å²) < 4.78 is 23.4. The molecule has 1 N–H and O–H groups in total. The Morgan fingerprint density at radius 1 is 0.838 bits per heavy atom. The summed E-state index contributed by atoms with van der Waals surface area (Å²) in [6.07, 6.45) is -3.39. The van der Waals surface area contributed by atoms with Crippen molar-refractivity contribution >= 4 is 23.9 Å². The monoisotopic (exact) mass is 520 g/mol. The minimum absolute atomic E-state index is 0.0676. The van der Waals surface area contributed by atoms with Gasteiger partial charge in [0.05, 0.1) is 11.5 Å². The minimum atomic E-state index is -1.08. The number of aliphatic hydroxyl groups is 1. The lowest BCUT2D eigenvalue weighted by atomic mass is 9.49. The van der Waals surface area contributed by atoms with Gasteiger partial charge < -0.3 is 24.1 Å². The van der Waals surface area contributed by atoms with Crippen LogP contribution < -0.4 is 0 Å². The van der Waals surface area contributed by atoms with Crippen molar-refractivity contribution in [1.29, 1.82) is 0 Å². The summed E-state index contributed by atoms with van der Waals surface area (Å²) in [5.74, 6) is -2.70. The number of aliphatic hydroxyl groups excluding tert-OH is 1. The van der Waals surface area contributed by atoms with Gasteiger partial charge in [0.1, 0.15) is 12.2 Å². The average Bonchev–Trinajstić information content (AvgIpc) is 2.74. The van der Waals surface area contributed by atoms with Crippen molar-refractivity contribution in [1.82, 2.24) is 0 Å². The minimum Gasteiger partial charge on any atom is -0.462 e. The Labute approximate surface area is 218 Å². The summed E-state index contributed by atoms with van der Waals surface area (Å²) in [6, 6.07) is 0. The van der Waals surface area contributed by atoms with E-state index in [2.05, 4.69) is 6.58 Å². The van der Waals surface area contributed by atoms with Gasteiger partial charge in [-0.1, -0.05) is 27.4 Å². The lowest BCUT2D eigenvalue weighted by Crippen LogP contribution is -2.64. The lowest BCUT2D eigenvalue weighted by molar-refractivity contribution is -0.211. The van der Waals surface area contributed by atoms with Gasteiger partial charge in [0.2, 0.25) is 0 Å². The molecule has 0 spiro atoms. The number of fused-ring (bicyclic) bond motifs is 3. The highest BCUT2D eigenvalue weighted by atomic mass is 16.6. The van der Waals surface area contributed by atoms with Gasteiger partial charge in [-0.15, -0.1) is 0 Å². The topological polar surface area (TPSA) is 125 Å². The van der Waals surface area contributed by atoms with Gasteiger partial charge in [0.15, 0.2) is 12.2 Å². The molecule has 0 aromatic carbocycles. The van der Waals surface area contributed by atoms with Crippen LogP contribution in [-0.2, 0) is 38.1 Å². The third-order valence-electron chi connectivity index (χ3n) is 8.77. The Bertz CT molecular complexity index is 1020. The van der Waals surface area contributed by atoms with Crippen molar-refractivity contribution in [3.8, 4) is 0 Å². The smallest absolute Gasteiger partial charge is 0.303 e. The molecule has 2 bridgehead atoms. The average molecular weight is 521 g/mol. The van der Waals surface area contributed by atoms with Gasteiger partial charge in [0, 0.05) is 34.1 Å². The van der Waals surface area contributed by atoms with E-state index in [-0.39, 0.29) is 12.3 Å². The van der Waals surface area contributed by atoms with Gasteiger partial charge in [-0.2, -0.15) is 0 Å². The molecule has 3 aliphatic rings. The summed E-state index contributed by atoms with van der Waals surface area (Å²) >= 11 is 0. The second-order valence-electron chi connectivity index (χ2n) is 11.5. The van der Waals surface area contributed by atoms with Crippen LogP contribution in [0.15, 0.2) is 23.3 Å². The standard InChI is InChI=1S/C28H40O9/c1-13-20-10-19-11-22(34-15(3)29)14(2)24(27(19,7)8)25(36-17(5)31)26(37-18(6)32)28(20,9)23(12-21(13)33)35-16(4)30/h19-23,25-26,33H,1,10-12H2,2-9H3/t19?,20-,21+,22+,23+,25-,26+,28+/m1/s1. The fourth-order valence-electron chi connectivity index (χ4n) is 7.01. The number of ether oxygens (including phenoxy) is 4. The van der Waals surface area contributed by atoms with Crippen LogP contribution in [0.25, 0.3) is 0 Å². The fourth-order valence-corrected chi connectivity index (χ4v) is 7.01. The molecule has 0 aromatic heterocycles. The summed E-state index contributed by atoms with van der Waals surface area (Å²) in [5, 5.41) is 11.0. The molecule has 8 atom stereocenters. The molecule has 3 rings (SSSR count). The SMILES string of the molecule is C=C1[C@H]2CC3C[C@H](OC(C)=O)C(C)=C([C@@H](OC(C)=O)[C@H](OC(C)=O)[C@]2(C)[C@@H](OC(C)=O)C[C@@H]1O)C3(C)C. The van der Waals surface area contributed by atoms with E-state index < -0.39 is 71.1 Å². The molecular formula is C28H40O9. The molecule has 37 heavy (non-hydrogen) atoms. The third kappa shape index (κ3) is 5.19. The molecule has 9 nitrogen and oxygen atoms in total. The first-order chi connectivity index (χ1) is 17.0. The molecular weight excluding hydrogens is 480 g/mol. The van der Waals surface area contributed by atoms with Gasteiger partial charge in [-0.3, -0.25) is 19.2 Å². The Morgan fingerprint density at radius 2 is 1.38 bits per heavy atom. The maximum Gasteiger partial charge on any atom is 0.303 e. The summed E-state index contributed by atoms with van der Waals surface area (Å²) in [4.78, 5) is 49.2. The second kappa shape index (κ2) is 10.2. The number of carbonyl (C=O) groups excluding carboxylic acids is 4. The molecule has 1 unspecified atom stereocenters. The molecule has 0 heterocycles. The van der Waals surface area contributed by atoms with Crippen LogP contribution >= 0.6 is 0 Å². The first-order valence-corrected chi connectivity index (χ1v) is 12.8. The zero-order valence-electron chi connectivity index (χ0n) is 23.1. The van der Waals surface area contributed by atoms with E-state index in [9.17, 15) is 24.3 Å². The Kier molecular flexibility index (Phi) is 7.99. The van der Waals surface area contributed by atoms with Crippen LogP contribution in [0.2, 0.25) is 0 Å². The molecule has 0 aliphatic heterocycles. The predicted octanol–water partition coefficient (Wildman–Crippen LogP) is 3.42. The third-order valence-corrected chi connectivity index (χ3v) is 8.77. The Hall–Kier alpha value is -2.68. The molecule has 2 saturated carbocycles. The lowest BCUT2D eigenvalue weighted by Gasteiger charge is -2.59. The summed E-state index contributed by atoms with van der Waals surface area (Å²) in [7, 11) is 0. The van der Waals surface area contributed by atoms with Crippen molar-refractivity contribution in [2.45, 2.75) is 105 Å². The highest BCUT2D eigenvalue weighted by Gasteiger charge is 2.64. The van der Waals surface area contributed by atoms with Crippen LogP contribution in [0.5, 0.6) is 0 Å². The number of hydrogen-bond donors (Lipinski definition) is 1. The van der Waals surface area contributed by atoms with E-state index in [0.29, 0.717) is 18.4 Å². The van der Waals surface area contributed by atoms with Crippen molar-refractivity contribution < 1.29 is 43.2 Å². The fraction of sp³-hybridized carbons (Fsp3) is 0.714. The van der Waals surface area contributed by atoms with E-state index >= 15 is 0 Å². The van der Waals surface area contributed by atoms with Crippen molar-refractivity contribution in [2.24, 2.45) is 22.7 Å². The molecule has 0 aromatic rings. The van der Waals surface area contributed by atoms with E-state index in [1.165, 1.54) is 27.7 Å². The highest BCUT2D eigenvalue weighted by Crippen LogP contribution is 2.60. The summed E-state index contributed by atoms with van der Waals surface area (Å²) in [5.41, 5.74) is 0.358. The maximum absolute atomic E-state index is 12.5. The Balaban J connectivity index is 2.38. The van der Waals surface area contributed by atoms with Crippen LogP contribution in [0, 0.1) is 22.7 Å². The molecule has 3 aliphatic carbocycles. The molecule has 0 radical (unpaired) electrons. The van der Waals surface area contributed by atoms with Crippen molar-refractivity contribution in [3.05, 3.63) is 23.3 Å². The van der Waals surface area contributed by atoms with Crippen molar-refractivity contribution in [2.75, 3.05) is 0 Å². The molecule has 9 heteroatoms. The van der Waals surface area contributed by atoms with E-state index in [4.69, 9.17) is 18.9 Å². The zero-order chi connectivity index (χ0) is 28.0. The van der Waals surface area contributed by atoms with E-state index in [0.717, 1.165) is 11.1 Å². The quantitative estimate of drug-likeness (QED) is 0.337. The zero-order valence-corrected chi connectivity index (χ0v) is 23.1. The molecule has 0 amide bonds. The predicted molar refractivity (Wildman–Crippen MR) is 133 cm³/mol. The number of rotatable bonds is 4. The van der Waals surface area contributed by atoms with Gasteiger partial charge >= 0.3 is 23.9 Å². The van der Waals surface area contributed by atoms with Crippen molar-refractivity contribution in [3.63, 3.8) is 0 Å². The van der Waals surface area contributed by atoms with Crippen LogP contribution in [-0.4, -0.2) is 59.5 Å². The number of hydrogen-bond acceptors (Lipinski definition) is 9. The van der Waals surface area contributed by atoms with E-state index in [1.54, 1.807) is 0 Å². The van der Waals surface area contributed by atoms with Gasteiger partial charge in [-0.25, -0.2) is 0 Å². The molecule has 0 saturated heterocycles. The molecule has 2 fully saturated rings.